The van der Waals surface area contributed by atoms with E-state index in [1.54, 1.807) is 12.3 Å². The van der Waals surface area contributed by atoms with Crippen molar-refractivity contribution in [3.8, 4) is 11.4 Å². The van der Waals surface area contributed by atoms with E-state index < -0.39 is 11.7 Å². The minimum absolute atomic E-state index is 0.0594. The molecule has 0 aliphatic heterocycles. The van der Waals surface area contributed by atoms with Crippen LogP contribution < -0.4 is 5.32 Å². The Morgan fingerprint density at radius 2 is 2.08 bits per heavy atom. The third-order valence-electron chi connectivity index (χ3n) is 3.30. The lowest BCUT2D eigenvalue weighted by molar-refractivity contribution is 0.0950. The molecule has 3 aromatic rings. The standard InChI is InChI=1S/C17H13ClFN3OS/c18-12-5-3-4-11(16(12)19)17(23)21-9-7-15-22-14(10-24-15)13-6-1-2-8-20-13/h1-6,8,10H,7,9H2,(H,21,23). The molecule has 1 amide bonds. The topological polar surface area (TPSA) is 54.9 Å². The van der Waals surface area contributed by atoms with Crippen molar-refractivity contribution in [1.29, 1.82) is 0 Å². The summed E-state index contributed by atoms with van der Waals surface area (Å²) in [6.45, 7) is 0.361. The highest BCUT2D eigenvalue weighted by Crippen LogP contribution is 2.20. The third-order valence-corrected chi connectivity index (χ3v) is 4.50. The second kappa shape index (κ2) is 7.51. The van der Waals surface area contributed by atoms with Crippen LogP contribution in [0.1, 0.15) is 15.4 Å². The maximum atomic E-state index is 13.8. The molecule has 2 aromatic heterocycles. The number of thiazole rings is 1. The van der Waals surface area contributed by atoms with Crippen molar-refractivity contribution in [3.05, 3.63) is 69.4 Å². The number of aromatic nitrogens is 2. The second-order valence-corrected chi connectivity index (χ2v) is 6.30. The average Bonchev–Trinajstić information content (AvgIpc) is 3.07. The van der Waals surface area contributed by atoms with Crippen LogP contribution in [-0.2, 0) is 6.42 Å². The minimum atomic E-state index is -0.705. The lowest BCUT2D eigenvalue weighted by atomic mass is 10.2. The highest BCUT2D eigenvalue weighted by Gasteiger charge is 2.14. The van der Waals surface area contributed by atoms with Gasteiger partial charge in [0.1, 0.15) is 0 Å². The number of nitrogens with zero attached hydrogens (tertiary/aromatic N) is 2. The largest absolute Gasteiger partial charge is 0.352 e. The van der Waals surface area contributed by atoms with Crippen LogP contribution in [0.3, 0.4) is 0 Å². The van der Waals surface area contributed by atoms with Crippen molar-refractivity contribution < 1.29 is 9.18 Å². The fraction of sp³-hybridized carbons (Fsp3) is 0.118. The Hall–Kier alpha value is -2.31. The molecule has 0 aliphatic carbocycles. The molecule has 3 rings (SSSR count). The lowest BCUT2D eigenvalue weighted by Gasteiger charge is -2.05. The molecule has 0 saturated heterocycles. The molecule has 0 unspecified atom stereocenters. The summed E-state index contributed by atoms with van der Waals surface area (Å²) in [6, 6.07) is 9.99. The molecule has 0 bridgehead atoms. The minimum Gasteiger partial charge on any atom is -0.352 e. The van der Waals surface area contributed by atoms with E-state index in [1.807, 2.05) is 23.6 Å². The number of pyridine rings is 1. The SMILES string of the molecule is O=C(NCCc1nc(-c2ccccn2)cs1)c1cccc(Cl)c1F. The number of amides is 1. The zero-order valence-electron chi connectivity index (χ0n) is 12.5. The number of nitrogens with one attached hydrogen (secondary N) is 1. The molecule has 2 heterocycles. The summed E-state index contributed by atoms with van der Waals surface area (Å²) in [4.78, 5) is 20.7. The zero-order chi connectivity index (χ0) is 16.9. The summed E-state index contributed by atoms with van der Waals surface area (Å²) >= 11 is 7.18. The van der Waals surface area contributed by atoms with Gasteiger partial charge < -0.3 is 5.32 Å². The van der Waals surface area contributed by atoms with Gasteiger partial charge in [-0.15, -0.1) is 11.3 Å². The molecule has 0 fully saturated rings. The van der Waals surface area contributed by atoms with Gasteiger partial charge in [-0.1, -0.05) is 23.7 Å². The maximum Gasteiger partial charge on any atom is 0.254 e. The molecule has 0 aliphatic rings. The molecule has 24 heavy (non-hydrogen) atoms. The highest BCUT2D eigenvalue weighted by atomic mass is 35.5. The van der Waals surface area contributed by atoms with Crippen molar-refractivity contribution >= 4 is 28.8 Å². The van der Waals surface area contributed by atoms with Crippen LogP contribution in [0.25, 0.3) is 11.4 Å². The number of carbonyl (C=O) groups excluding carboxylic acids is 1. The third kappa shape index (κ3) is 3.77. The quantitative estimate of drug-likeness (QED) is 0.748. The van der Waals surface area contributed by atoms with Crippen LogP contribution >= 0.6 is 22.9 Å². The van der Waals surface area contributed by atoms with Crippen molar-refractivity contribution in [3.63, 3.8) is 0 Å². The van der Waals surface area contributed by atoms with Gasteiger partial charge in [-0.3, -0.25) is 9.78 Å². The average molecular weight is 362 g/mol. The number of carbonyl (C=O) groups is 1. The van der Waals surface area contributed by atoms with E-state index in [0.717, 1.165) is 16.4 Å². The molecule has 7 heteroatoms. The predicted molar refractivity (Wildman–Crippen MR) is 92.8 cm³/mol. The first kappa shape index (κ1) is 16.5. The number of rotatable bonds is 5. The number of hydrogen-bond donors (Lipinski definition) is 1. The number of hydrogen-bond acceptors (Lipinski definition) is 4. The fourth-order valence-electron chi connectivity index (χ4n) is 2.11. The Balaban J connectivity index is 1.58. The molecule has 0 atom stereocenters. The molecule has 1 aromatic carbocycles. The van der Waals surface area contributed by atoms with Gasteiger partial charge in [-0.05, 0) is 24.3 Å². The van der Waals surface area contributed by atoms with Crippen LogP contribution in [0.2, 0.25) is 5.02 Å². The molecule has 0 radical (unpaired) electrons. The van der Waals surface area contributed by atoms with Crippen LogP contribution in [-0.4, -0.2) is 22.4 Å². The molecular weight excluding hydrogens is 349 g/mol. The van der Waals surface area contributed by atoms with Gasteiger partial charge in [0.2, 0.25) is 0 Å². The summed E-state index contributed by atoms with van der Waals surface area (Å²) in [5.74, 6) is -1.19. The van der Waals surface area contributed by atoms with Crippen molar-refractivity contribution in [1.82, 2.24) is 15.3 Å². The molecule has 1 N–H and O–H groups in total. The molecule has 0 spiro atoms. The van der Waals surface area contributed by atoms with E-state index in [2.05, 4.69) is 15.3 Å². The fourth-order valence-corrected chi connectivity index (χ4v) is 3.08. The van der Waals surface area contributed by atoms with E-state index in [-0.39, 0.29) is 10.6 Å². The van der Waals surface area contributed by atoms with E-state index in [9.17, 15) is 9.18 Å². The Kier molecular flexibility index (Phi) is 5.17. The number of benzene rings is 1. The van der Waals surface area contributed by atoms with Crippen molar-refractivity contribution in [2.45, 2.75) is 6.42 Å². The van der Waals surface area contributed by atoms with E-state index in [1.165, 1.54) is 23.5 Å². The van der Waals surface area contributed by atoms with Crippen LogP contribution in [0.4, 0.5) is 4.39 Å². The first-order chi connectivity index (χ1) is 11.6. The molecule has 0 saturated carbocycles. The van der Waals surface area contributed by atoms with Gasteiger partial charge in [0.15, 0.2) is 5.82 Å². The number of halogens is 2. The smallest absolute Gasteiger partial charge is 0.254 e. The summed E-state index contributed by atoms with van der Waals surface area (Å²) in [5, 5.41) is 5.41. The predicted octanol–water partition coefficient (Wildman–Crippen LogP) is 3.97. The van der Waals surface area contributed by atoms with E-state index in [0.29, 0.717) is 13.0 Å². The van der Waals surface area contributed by atoms with E-state index >= 15 is 0 Å². The first-order valence-electron chi connectivity index (χ1n) is 7.23. The first-order valence-corrected chi connectivity index (χ1v) is 8.49. The molecule has 122 valence electrons. The van der Waals surface area contributed by atoms with Gasteiger partial charge in [-0.2, -0.15) is 0 Å². The summed E-state index contributed by atoms with van der Waals surface area (Å²) in [7, 11) is 0. The summed E-state index contributed by atoms with van der Waals surface area (Å²) in [5.41, 5.74) is 1.56. The van der Waals surface area contributed by atoms with Gasteiger partial charge in [0.05, 0.1) is 27.0 Å². The molecular formula is C17H13ClFN3OS. The zero-order valence-corrected chi connectivity index (χ0v) is 14.1. The lowest BCUT2D eigenvalue weighted by Crippen LogP contribution is -2.26. The maximum absolute atomic E-state index is 13.8. The second-order valence-electron chi connectivity index (χ2n) is 4.95. The normalized spacial score (nSPS) is 10.6. The Bertz CT molecular complexity index is 854. The monoisotopic (exact) mass is 361 g/mol. The van der Waals surface area contributed by atoms with E-state index in [4.69, 9.17) is 11.6 Å². The highest BCUT2D eigenvalue weighted by molar-refractivity contribution is 7.09. The van der Waals surface area contributed by atoms with Crippen molar-refractivity contribution in [2.75, 3.05) is 6.54 Å². The van der Waals surface area contributed by atoms with Crippen molar-refractivity contribution in [2.24, 2.45) is 0 Å². The summed E-state index contributed by atoms with van der Waals surface area (Å²) in [6.07, 6.45) is 2.28. The summed E-state index contributed by atoms with van der Waals surface area (Å²) < 4.78 is 13.8. The van der Waals surface area contributed by atoms with Gasteiger partial charge in [0.25, 0.3) is 5.91 Å². The Labute approximate surface area is 147 Å². The van der Waals surface area contributed by atoms with Crippen LogP contribution in [0.5, 0.6) is 0 Å². The Morgan fingerprint density at radius 1 is 1.21 bits per heavy atom. The van der Waals surface area contributed by atoms with Gasteiger partial charge in [-0.25, -0.2) is 9.37 Å². The molecule has 4 nitrogen and oxygen atoms in total. The Morgan fingerprint density at radius 3 is 2.88 bits per heavy atom. The van der Waals surface area contributed by atoms with Crippen LogP contribution in [0.15, 0.2) is 48.0 Å². The van der Waals surface area contributed by atoms with Gasteiger partial charge in [0, 0.05) is 24.5 Å². The van der Waals surface area contributed by atoms with Gasteiger partial charge >= 0.3 is 0 Å². The van der Waals surface area contributed by atoms with Crippen LogP contribution in [0, 0.1) is 5.82 Å².